The molecule has 26 nitrogen and oxygen atoms in total. The molecule has 135 heavy (non-hydrogen) atoms. The third kappa shape index (κ3) is 26.2. The minimum atomic E-state index is -0.990. The summed E-state index contributed by atoms with van der Waals surface area (Å²) in [6.45, 7) is 9.13. The molecule has 15 N–H and O–H groups in total. The zero-order valence-electron chi connectivity index (χ0n) is 72.9. The second-order valence-corrected chi connectivity index (χ2v) is 30.9. The molecule has 0 spiro atoms. The number of carbonyl (C=O) groups is 5. The van der Waals surface area contributed by atoms with Gasteiger partial charge in [0.2, 0.25) is 11.8 Å². The van der Waals surface area contributed by atoms with Gasteiger partial charge < -0.3 is 48.3 Å². The van der Waals surface area contributed by atoms with Crippen LogP contribution in [0.3, 0.4) is 0 Å². The van der Waals surface area contributed by atoms with Crippen LogP contribution in [0.4, 0.5) is 86.7 Å². The van der Waals surface area contributed by atoms with Gasteiger partial charge in [-0.1, -0.05) is 104 Å². The number of likely N-dealkylation sites (tertiary alicyclic amines) is 1. The van der Waals surface area contributed by atoms with Crippen LogP contribution in [-0.4, -0.2) is 130 Å². The van der Waals surface area contributed by atoms with E-state index in [9.17, 15) is 67.9 Å². The largest absolute Gasteiger partial charge is 0.338 e. The molecule has 0 saturated carbocycles. The van der Waals surface area contributed by atoms with E-state index >= 15 is 0 Å². The van der Waals surface area contributed by atoms with Crippen molar-refractivity contribution in [1.29, 1.82) is 0 Å². The lowest BCUT2D eigenvalue weighted by Gasteiger charge is -2.18. The topological polar surface area (TPSA) is 367 Å². The van der Waals surface area contributed by atoms with E-state index in [1.807, 2.05) is 32.7 Å². The number of pyridine rings is 1. The van der Waals surface area contributed by atoms with E-state index in [0.717, 1.165) is 53.6 Å². The summed E-state index contributed by atoms with van der Waals surface area (Å²) in [6, 6.07) is 44.8. The van der Waals surface area contributed by atoms with Crippen molar-refractivity contribution >= 4 is 174 Å². The number of rotatable bonds is 22. The number of H-pyrrole nitrogens is 5. The fraction of sp³-hybridized carbons (Fsp3) is 0.141. The standard InChI is InChI=1S/C22H17F2N5O.C21H20F2N4O.2C19H18F2N4O.C18H16F2N4O/c23-15-6-3-13(4-7-15)5-8-18-16-10-20(17(24)11-19(16)29-28-18)27-22(30)21(25)14-2-1-9-26-12-14;1-27-10-2-3-20(27)21(28)24-19-11-15-17(25-26-18(15)12-16(19)23)9-6-13-4-7-14(22)8-5-13;1-11(2)22-19(26)23-18-9-14-16(24-25-17(14)10-15(18)21)8-5-12-3-6-13(20)7-4-12;1-2-9-22-19(26)23-18-10-14-16(24-25-17(14)11-15(18)21)8-5-12-3-6-13(20)7-4-12;1-2-21-18(25)22-17-9-13-15(23-24-16(13)10-14(17)20)8-5-11-3-6-12(19)7-4-11/h1-12,21H,25H2,(H,27,30)(H,28,29);4-9,11-12,20H,2-3,10H2,1H3,(H,24,28)(H,25,26);3-11H,1-2H3,(H,24,25)(H2,22,23,26);3-8,10-11H,2,9H2,1H3,(H,24,25)(H2,22,23,26);3-10H,2H2,1H3,(H,23,24)(H2,21,22,25)/b8-5+;9-6+;3*8-5+/t;20-;;;/m.0.../s1. The maximum atomic E-state index is 14.5. The summed E-state index contributed by atoms with van der Waals surface area (Å²) in [5.41, 5.74) is 16.3. The molecule has 1 fully saturated rings. The van der Waals surface area contributed by atoms with Crippen LogP contribution >= 0.6 is 0 Å². The molecule has 16 aromatic rings. The van der Waals surface area contributed by atoms with Crippen molar-refractivity contribution < 1.29 is 67.9 Å². The van der Waals surface area contributed by atoms with Crippen LogP contribution in [-0.2, 0) is 9.59 Å². The molecular weight excluding hydrogens is 1750 g/mol. The molecule has 1 aliphatic heterocycles. The highest BCUT2D eigenvalue weighted by Crippen LogP contribution is 2.33. The average molecular weight is 1840 g/mol. The molecule has 0 aliphatic carbocycles. The highest BCUT2D eigenvalue weighted by molar-refractivity contribution is 6.03. The van der Waals surface area contributed by atoms with Gasteiger partial charge in [-0.3, -0.25) is 45.0 Å². The predicted octanol–water partition coefficient (Wildman–Crippen LogP) is 21.3. The van der Waals surface area contributed by atoms with Gasteiger partial charge in [0.1, 0.15) is 64.2 Å². The monoisotopic (exact) mass is 1840 g/mol. The number of fused-ring (bicyclic) bond motifs is 5. The van der Waals surface area contributed by atoms with Gasteiger partial charge in [0, 0.05) is 88.8 Å². The number of halogens is 10. The second kappa shape index (κ2) is 45.3. The van der Waals surface area contributed by atoms with Crippen LogP contribution in [0.5, 0.6) is 0 Å². The number of hydrogen-bond donors (Lipinski definition) is 14. The predicted molar refractivity (Wildman–Crippen MR) is 508 cm³/mol. The number of likely N-dealkylation sites (N-methyl/N-ethyl adjacent to an activating group) is 1. The van der Waals surface area contributed by atoms with Crippen LogP contribution in [0.25, 0.3) is 115 Å². The van der Waals surface area contributed by atoms with Gasteiger partial charge in [-0.25, -0.2) is 58.3 Å². The van der Waals surface area contributed by atoms with E-state index in [1.165, 1.54) is 121 Å². The molecule has 1 unspecified atom stereocenters. The minimum Gasteiger partial charge on any atom is -0.338 e. The van der Waals surface area contributed by atoms with E-state index < -0.39 is 59.1 Å². The minimum absolute atomic E-state index is 0.00956. The first-order chi connectivity index (χ1) is 65.1. The van der Waals surface area contributed by atoms with Crippen molar-refractivity contribution in [2.75, 3.05) is 53.3 Å². The summed E-state index contributed by atoms with van der Waals surface area (Å²) in [6.07, 6.45) is 23.1. The Hall–Kier alpha value is -16.6. The molecule has 690 valence electrons. The molecule has 17 rings (SSSR count). The number of nitrogens with zero attached hydrogens (tertiary/aromatic N) is 7. The van der Waals surface area contributed by atoms with Crippen LogP contribution < -0.4 is 48.3 Å². The molecule has 7 heterocycles. The number of aromatic amines is 5. The quantitative estimate of drug-likeness (QED) is 0.0281. The Morgan fingerprint density at radius 3 is 0.993 bits per heavy atom. The van der Waals surface area contributed by atoms with E-state index in [2.05, 4.69) is 98.5 Å². The molecule has 10 aromatic carbocycles. The van der Waals surface area contributed by atoms with E-state index in [4.69, 9.17) is 5.73 Å². The fourth-order valence-corrected chi connectivity index (χ4v) is 13.7. The molecule has 36 heteroatoms. The number of benzene rings is 10. The van der Waals surface area contributed by atoms with Gasteiger partial charge in [-0.2, -0.15) is 25.5 Å². The second-order valence-electron chi connectivity index (χ2n) is 30.9. The van der Waals surface area contributed by atoms with E-state index in [-0.39, 0.29) is 75.5 Å². The van der Waals surface area contributed by atoms with Gasteiger partial charge in [-0.05, 0) is 214 Å². The lowest BCUT2D eigenvalue weighted by Crippen LogP contribution is -2.37. The summed E-state index contributed by atoms with van der Waals surface area (Å²) in [5, 5.41) is 58.5. The van der Waals surface area contributed by atoms with Crippen LogP contribution in [0, 0.1) is 58.2 Å². The first kappa shape index (κ1) is 95.9. The van der Waals surface area contributed by atoms with Crippen molar-refractivity contribution in [2.45, 2.75) is 65.1 Å². The van der Waals surface area contributed by atoms with Crippen molar-refractivity contribution in [2.24, 2.45) is 5.73 Å². The molecule has 0 bridgehead atoms. The van der Waals surface area contributed by atoms with E-state index in [1.54, 1.807) is 153 Å². The number of amides is 8. The first-order valence-corrected chi connectivity index (χ1v) is 42.3. The number of nitrogens with two attached hydrogens (primary N) is 1. The summed E-state index contributed by atoms with van der Waals surface area (Å²) in [5.74, 6) is -5.11. The molecule has 2 atom stereocenters. The fourth-order valence-electron chi connectivity index (χ4n) is 13.7. The Kier molecular flexibility index (Phi) is 32.2. The Bertz CT molecular complexity index is 7040. The summed E-state index contributed by atoms with van der Waals surface area (Å²) in [4.78, 5) is 66.0. The number of urea groups is 3. The Morgan fingerprint density at radius 1 is 0.407 bits per heavy atom. The highest BCUT2D eigenvalue weighted by Gasteiger charge is 2.29. The Morgan fingerprint density at radius 2 is 0.711 bits per heavy atom. The van der Waals surface area contributed by atoms with Gasteiger partial charge >= 0.3 is 18.1 Å². The maximum Gasteiger partial charge on any atom is 0.319 e. The van der Waals surface area contributed by atoms with Crippen molar-refractivity contribution in [3.8, 4) is 0 Å². The third-order valence-electron chi connectivity index (χ3n) is 20.6. The number of hydrogen-bond acceptors (Lipinski definition) is 13. The van der Waals surface area contributed by atoms with Gasteiger partial charge in [0.15, 0.2) is 0 Å². The normalized spacial score (nSPS) is 12.8. The van der Waals surface area contributed by atoms with Crippen LogP contribution in [0.1, 0.15) is 115 Å². The third-order valence-corrected chi connectivity index (χ3v) is 20.6. The molecule has 0 radical (unpaired) electrons. The number of nitrogens with one attached hydrogen (secondary N) is 13. The molecule has 8 amide bonds. The highest BCUT2D eigenvalue weighted by atomic mass is 19.2. The number of anilines is 5. The zero-order chi connectivity index (χ0) is 95.8. The van der Waals surface area contributed by atoms with Crippen molar-refractivity contribution in [3.63, 3.8) is 0 Å². The number of carbonyl (C=O) groups excluding carboxylic acids is 5. The molecule has 1 aliphatic rings. The van der Waals surface area contributed by atoms with Crippen LogP contribution in [0.15, 0.2) is 207 Å². The molecule has 1 saturated heterocycles. The maximum absolute atomic E-state index is 14.5. The summed E-state index contributed by atoms with van der Waals surface area (Å²) < 4.78 is 136. The lowest BCUT2D eigenvalue weighted by atomic mass is 10.1. The zero-order valence-corrected chi connectivity index (χ0v) is 72.9. The summed E-state index contributed by atoms with van der Waals surface area (Å²) >= 11 is 0. The van der Waals surface area contributed by atoms with Gasteiger partial charge in [-0.15, -0.1) is 0 Å². The van der Waals surface area contributed by atoms with Crippen molar-refractivity contribution in [1.82, 2.24) is 76.8 Å². The molecular formula is C99H89F10N21O5. The smallest absolute Gasteiger partial charge is 0.319 e. The van der Waals surface area contributed by atoms with Crippen molar-refractivity contribution in [3.05, 3.63) is 327 Å². The average Bonchev–Trinajstić information content (AvgIpc) is 1.69. The van der Waals surface area contributed by atoms with Gasteiger partial charge in [0.25, 0.3) is 0 Å². The van der Waals surface area contributed by atoms with Gasteiger partial charge in [0.05, 0.1) is 90.5 Å². The lowest BCUT2D eigenvalue weighted by molar-refractivity contribution is -0.120. The first-order valence-electron chi connectivity index (χ1n) is 42.3. The summed E-state index contributed by atoms with van der Waals surface area (Å²) in [7, 11) is 1.89. The molecule has 6 aromatic heterocycles. The SMILES string of the molecule is CC(C)NC(=O)Nc1cc2c(/C=C/c3ccc(F)cc3)n[nH]c2cc1F.CCCNC(=O)Nc1cc2c(/C=C/c3ccc(F)cc3)n[nH]c2cc1F.CCNC(=O)Nc1cc2c(/C=C/c3ccc(F)cc3)n[nH]c2cc1F.CN1CCC[C@H]1C(=O)Nc1cc2c(/C=C/c3ccc(F)cc3)n[nH]c2cc1F.NC(C(=O)Nc1cc2c(/C=C/c3ccc(F)cc3)n[nH]c2cc1F)c1cccnc1. The van der Waals surface area contributed by atoms with Crippen LogP contribution in [0.2, 0.25) is 0 Å². The Balaban J connectivity index is 0.000000143. The Labute approximate surface area is 765 Å². The van der Waals surface area contributed by atoms with E-state index in [0.29, 0.717) is 102 Å². The number of aromatic nitrogens is 11.